The summed E-state index contributed by atoms with van der Waals surface area (Å²) >= 11 is 0. The molecule has 0 bridgehead atoms. The number of hydrogen-bond donors (Lipinski definition) is 0. The number of ether oxygens (including phenoxy) is 1. The third-order valence-corrected chi connectivity index (χ3v) is 11.9. The molecule has 3 atom stereocenters. The normalized spacial score (nSPS) is 16.8. The smallest absolute Gasteiger partial charge is 0.315 e. The Bertz CT molecular complexity index is 1370. The van der Waals surface area contributed by atoms with Gasteiger partial charge in [0.15, 0.2) is 11.9 Å². The van der Waals surface area contributed by atoms with Crippen molar-refractivity contribution in [2.75, 3.05) is 0 Å². The molecular formula is C40H57F3N2OSi. The maximum absolute atomic E-state index is 15.7. The summed E-state index contributed by atoms with van der Waals surface area (Å²) in [5.41, 5.74) is 1.30. The first kappa shape index (κ1) is 37.2. The van der Waals surface area contributed by atoms with E-state index in [9.17, 15) is 0 Å². The van der Waals surface area contributed by atoms with Gasteiger partial charge in [-0.15, -0.1) is 0 Å². The Morgan fingerprint density at radius 3 is 2.09 bits per heavy atom. The second-order valence-electron chi connectivity index (χ2n) is 14.1. The molecule has 0 saturated heterocycles. The van der Waals surface area contributed by atoms with Gasteiger partial charge < -0.3 is 4.74 Å². The summed E-state index contributed by atoms with van der Waals surface area (Å²) in [6.07, 6.45) is 19.0. The van der Waals surface area contributed by atoms with E-state index in [0.717, 1.165) is 48.6 Å². The maximum Gasteiger partial charge on any atom is 0.315 e. The minimum Gasteiger partial charge on any atom is -0.483 e. The van der Waals surface area contributed by atoms with E-state index in [1.54, 1.807) is 12.4 Å². The third-order valence-electron chi connectivity index (χ3n) is 9.99. The fourth-order valence-electron chi connectivity index (χ4n) is 6.99. The Morgan fingerprint density at radius 1 is 0.766 bits per heavy atom. The summed E-state index contributed by atoms with van der Waals surface area (Å²) in [6.45, 7) is 9.19. The van der Waals surface area contributed by atoms with Gasteiger partial charge in [-0.3, -0.25) is 0 Å². The highest BCUT2D eigenvalue weighted by atomic mass is 28.2. The van der Waals surface area contributed by atoms with Crippen LogP contribution in [-0.2, 0) is 5.92 Å². The zero-order valence-corrected chi connectivity index (χ0v) is 30.7. The zero-order chi connectivity index (χ0) is 33.6. The van der Waals surface area contributed by atoms with Crippen LogP contribution in [0.4, 0.5) is 13.2 Å². The second-order valence-corrected chi connectivity index (χ2v) is 16.0. The molecule has 258 valence electrons. The number of halogens is 3. The minimum atomic E-state index is -3.40. The van der Waals surface area contributed by atoms with Crippen molar-refractivity contribution in [2.45, 2.75) is 142 Å². The van der Waals surface area contributed by atoms with Crippen molar-refractivity contribution in [1.29, 1.82) is 0 Å². The Hall–Kier alpha value is -2.67. The molecule has 3 aromatic rings. The maximum atomic E-state index is 15.7. The molecule has 2 aromatic carbocycles. The summed E-state index contributed by atoms with van der Waals surface area (Å²) in [7, 11) is -0.495. The molecule has 0 fully saturated rings. The molecule has 0 N–H and O–H groups in total. The van der Waals surface area contributed by atoms with Crippen molar-refractivity contribution in [3.63, 3.8) is 0 Å². The molecule has 1 aromatic heterocycles. The second kappa shape index (κ2) is 18.8. The lowest BCUT2D eigenvalue weighted by Gasteiger charge is -2.18. The van der Waals surface area contributed by atoms with Crippen LogP contribution in [0.25, 0.3) is 22.5 Å². The van der Waals surface area contributed by atoms with Gasteiger partial charge in [0.1, 0.15) is 17.1 Å². The van der Waals surface area contributed by atoms with Gasteiger partial charge in [-0.1, -0.05) is 147 Å². The lowest BCUT2D eigenvalue weighted by molar-refractivity contribution is -0.0811. The van der Waals surface area contributed by atoms with Crippen molar-refractivity contribution in [1.82, 2.24) is 9.97 Å². The molecule has 4 rings (SSSR count). The highest BCUT2D eigenvalue weighted by Crippen LogP contribution is 2.50. The average Bonchev–Trinajstić information content (AvgIpc) is 3.33. The van der Waals surface area contributed by atoms with Crippen LogP contribution in [-0.4, -0.2) is 25.6 Å². The van der Waals surface area contributed by atoms with Gasteiger partial charge in [-0.05, 0) is 42.4 Å². The first-order chi connectivity index (χ1) is 22.8. The highest BCUT2D eigenvalue weighted by Gasteiger charge is 2.53. The molecular weight excluding hydrogens is 610 g/mol. The number of benzene rings is 2. The van der Waals surface area contributed by atoms with Crippen molar-refractivity contribution < 1.29 is 17.9 Å². The standard InChI is InChI=1S/C40H57F3N2OSi/c1-5-7-9-10-12-22-36-40(42,43)37-34(46-36)24-23-33(38(37)41)39-44-27-31(28-45-39)32-20-15-16-21-35(32)47-26-25-30(4)19-14-13-18-29(3)17-11-8-6-2/h15-16,20-21,23-24,27-30,36H,5-14,17-19,22,25-26,47H2,1-4H3. The first-order valence-corrected chi connectivity index (χ1v) is 20.2. The molecule has 0 saturated carbocycles. The molecule has 3 nitrogen and oxygen atoms in total. The van der Waals surface area contributed by atoms with Crippen molar-refractivity contribution in [3.8, 4) is 28.3 Å². The zero-order valence-electron chi connectivity index (χ0n) is 29.3. The van der Waals surface area contributed by atoms with Gasteiger partial charge in [0, 0.05) is 18.0 Å². The number of aromatic nitrogens is 2. The predicted molar refractivity (Wildman–Crippen MR) is 193 cm³/mol. The largest absolute Gasteiger partial charge is 0.483 e. The summed E-state index contributed by atoms with van der Waals surface area (Å²) in [5.74, 6) is -2.76. The third kappa shape index (κ3) is 10.4. The van der Waals surface area contributed by atoms with Crippen LogP contribution in [0.2, 0.25) is 6.04 Å². The minimum absolute atomic E-state index is 0.0234. The Kier molecular flexibility index (Phi) is 14.8. The molecule has 0 radical (unpaired) electrons. The van der Waals surface area contributed by atoms with E-state index in [1.165, 1.54) is 81.2 Å². The van der Waals surface area contributed by atoms with Crippen LogP contribution in [0, 0.1) is 17.7 Å². The van der Waals surface area contributed by atoms with E-state index in [1.807, 2.05) is 6.07 Å². The molecule has 7 heteroatoms. The molecule has 47 heavy (non-hydrogen) atoms. The molecule has 2 heterocycles. The van der Waals surface area contributed by atoms with Crippen LogP contribution in [0.3, 0.4) is 0 Å². The van der Waals surface area contributed by atoms with Crippen LogP contribution in [0.5, 0.6) is 5.75 Å². The summed E-state index contributed by atoms with van der Waals surface area (Å²) in [6, 6.07) is 12.6. The van der Waals surface area contributed by atoms with E-state index in [2.05, 4.69) is 55.9 Å². The average molecular weight is 667 g/mol. The Balaban J connectivity index is 1.32. The fourth-order valence-corrected chi connectivity index (χ4v) is 9.16. The van der Waals surface area contributed by atoms with Crippen LogP contribution < -0.4 is 9.92 Å². The van der Waals surface area contributed by atoms with Crippen molar-refractivity contribution >= 4 is 14.7 Å². The van der Waals surface area contributed by atoms with Crippen LogP contribution in [0.15, 0.2) is 48.8 Å². The van der Waals surface area contributed by atoms with E-state index >= 15 is 13.2 Å². The summed E-state index contributed by atoms with van der Waals surface area (Å²) in [4.78, 5) is 8.92. The van der Waals surface area contributed by atoms with E-state index < -0.39 is 32.9 Å². The molecule has 1 aliphatic heterocycles. The fraction of sp³-hybridized carbons (Fsp3) is 0.600. The highest BCUT2D eigenvalue weighted by molar-refractivity contribution is 6.55. The monoisotopic (exact) mass is 666 g/mol. The van der Waals surface area contributed by atoms with Gasteiger partial charge in [0.05, 0.1) is 15.1 Å². The van der Waals surface area contributed by atoms with Gasteiger partial charge in [0.2, 0.25) is 0 Å². The van der Waals surface area contributed by atoms with E-state index in [0.29, 0.717) is 6.42 Å². The van der Waals surface area contributed by atoms with Gasteiger partial charge in [-0.25, -0.2) is 14.4 Å². The molecule has 3 unspecified atom stereocenters. The molecule has 0 amide bonds. The Morgan fingerprint density at radius 2 is 1.38 bits per heavy atom. The molecule has 0 spiro atoms. The Labute approximate surface area is 284 Å². The summed E-state index contributed by atoms with van der Waals surface area (Å²) < 4.78 is 52.0. The van der Waals surface area contributed by atoms with Gasteiger partial charge >= 0.3 is 5.92 Å². The molecule has 0 aliphatic carbocycles. The van der Waals surface area contributed by atoms with Crippen molar-refractivity contribution in [3.05, 3.63) is 60.2 Å². The number of hydrogen-bond acceptors (Lipinski definition) is 3. The lowest BCUT2D eigenvalue weighted by Crippen LogP contribution is -2.30. The number of nitrogens with zero attached hydrogens (tertiary/aromatic N) is 2. The number of rotatable bonds is 21. The number of alkyl halides is 2. The van der Waals surface area contributed by atoms with Gasteiger partial charge in [-0.2, -0.15) is 8.78 Å². The lowest BCUT2D eigenvalue weighted by atomic mass is 9.94. The topological polar surface area (TPSA) is 35.0 Å². The first-order valence-electron chi connectivity index (χ1n) is 18.5. The quantitative estimate of drug-likeness (QED) is 0.0838. The van der Waals surface area contributed by atoms with E-state index in [4.69, 9.17) is 4.74 Å². The van der Waals surface area contributed by atoms with Crippen LogP contribution >= 0.6 is 0 Å². The van der Waals surface area contributed by atoms with Gasteiger partial charge in [0.25, 0.3) is 0 Å². The van der Waals surface area contributed by atoms with Crippen molar-refractivity contribution in [2.24, 2.45) is 11.8 Å². The number of unbranched alkanes of at least 4 members (excludes halogenated alkanes) is 7. The SMILES string of the molecule is CCCCCCCC1Oc2ccc(-c3ncc(-c4ccccc4[SiH2]CCC(C)CCCCC(C)CCCCC)cn3)c(F)c2C1(F)F. The number of fused-ring (bicyclic) bond motifs is 1. The summed E-state index contributed by atoms with van der Waals surface area (Å²) in [5, 5.41) is 1.37. The van der Waals surface area contributed by atoms with E-state index in [-0.39, 0.29) is 23.6 Å². The predicted octanol–water partition coefficient (Wildman–Crippen LogP) is 11.2. The van der Waals surface area contributed by atoms with Crippen LogP contribution in [0.1, 0.15) is 130 Å². The molecule has 1 aliphatic rings.